The van der Waals surface area contributed by atoms with Crippen LogP contribution < -0.4 is 63.9 Å². The van der Waals surface area contributed by atoms with Crippen molar-refractivity contribution in [3.8, 4) is 11.5 Å². The van der Waals surface area contributed by atoms with E-state index >= 15 is 0 Å². The molecule has 0 fully saturated rings. The summed E-state index contributed by atoms with van der Waals surface area (Å²) in [5.41, 5.74) is 0.463. The van der Waals surface area contributed by atoms with Gasteiger partial charge in [0.15, 0.2) is 0 Å². The molecular formula is C24H32Na2O7S2. The molecule has 0 aliphatic carbocycles. The van der Waals surface area contributed by atoms with E-state index in [1.54, 1.807) is 12.1 Å². The summed E-state index contributed by atoms with van der Waals surface area (Å²) in [6.07, 6.45) is 12.1. The summed E-state index contributed by atoms with van der Waals surface area (Å²) in [7, 11) is -9.26. The third-order valence-corrected chi connectivity index (χ3v) is 7.22. The van der Waals surface area contributed by atoms with Crippen LogP contribution >= 0.6 is 0 Å². The van der Waals surface area contributed by atoms with Crippen LogP contribution in [0.15, 0.2) is 52.3 Å². The van der Waals surface area contributed by atoms with Crippen LogP contribution in [0.25, 0.3) is 0 Å². The second-order valence-corrected chi connectivity index (χ2v) is 10.9. The third kappa shape index (κ3) is 13.4. The predicted octanol–water partition coefficient (Wildman–Crippen LogP) is -0.241. The first-order valence-electron chi connectivity index (χ1n) is 11.4. The largest absolute Gasteiger partial charge is 1.00 e. The molecule has 0 unspecified atom stereocenters. The number of hydrogen-bond acceptors (Lipinski definition) is 7. The van der Waals surface area contributed by atoms with Crippen molar-refractivity contribution in [1.82, 2.24) is 0 Å². The van der Waals surface area contributed by atoms with Crippen molar-refractivity contribution < 1.29 is 89.8 Å². The zero-order valence-electron chi connectivity index (χ0n) is 21.0. The molecule has 0 saturated heterocycles. The molecule has 0 aromatic heterocycles. The summed E-state index contributed by atoms with van der Waals surface area (Å²) in [6.45, 7) is 2.20. The molecule has 7 nitrogen and oxygen atoms in total. The molecule has 0 aliphatic heterocycles. The summed E-state index contributed by atoms with van der Waals surface area (Å²) in [4.78, 5) is -0.709. The van der Waals surface area contributed by atoms with E-state index in [0.29, 0.717) is 12.0 Å². The Bertz CT molecular complexity index is 1090. The zero-order chi connectivity index (χ0) is 24.3. The average molecular weight is 543 g/mol. The summed E-state index contributed by atoms with van der Waals surface area (Å²) in [6, 6.07) is 9.10. The number of ether oxygens (including phenoxy) is 1. The van der Waals surface area contributed by atoms with E-state index in [-0.39, 0.29) is 75.5 Å². The topological polar surface area (TPSA) is 124 Å². The van der Waals surface area contributed by atoms with Gasteiger partial charge in [0.1, 0.15) is 31.7 Å². The first-order valence-corrected chi connectivity index (χ1v) is 14.3. The molecule has 0 radical (unpaired) electrons. The van der Waals surface area contributed by atoms with E-state index in [1.165, 1.54) is 56.7 Å². The molecule has 0 N–H and O–H groups in total. The van der Waals surface area contributed by atoms with Gasteiger partial charge in [-0.15, -0.1) is 0 Å². The molecule has 2 rings (SSSR count). The van der Waals surface area contributed by atoms with Gasteiger partial charge < -0.3 is 13.8 Å². The van der Waals surface area contributed by atoms with Gasteiger partial charge in [0.25, 0.3) is 0 Å². The Labute approximate surface area is 254 Å². The van der Waals surface area contributed by atoms with Crippen LogP contribution in [0.5, 0.6) is 11.5 Å². The average Bonchev–Trinajstić information content (AvgIpc) is 2.75. The molecule has 0 spiro atoms. The van der Waals surface area contributed by atoms with Crippen LogP contribution in [0.2, 0.25) is 0 Å². The standard InChI is InChI=1S/C24H34O7S2.2Na/c1-2-3-4-5-6-7-8-9-10-11-12-20-13-14-22(19-24(20)33(28,29)30)31-21-15-17-23(18-16-21)32(25,26)27;;/h13-19H,2-12H2,1H3,(H,25,26,27)(H,28,29,30);;/q;2*+1/p-2. The van der Waals surface area contributed by atoms with Gasteiger partial charge in [-0.1, -0.05) is 70.8 Å². The van der Waals surface area contributed by atoms with E-state index in [0.717, 1.165) is 37.8 Å². The Morgan fingerprint density at radius 2 is 1.14 bits per heavy atom. The predicted molar refractivity (Wildman–Crippen MR) is 124 cm³/mol. The fraction of sp³-hybridized carbons (Fsp3) is 0.500. The molecule has 0 amide bonds. The van der Waals surface area contributed by atoms with E-state index in [1.807, 2.05) is 0 Å². The molecule has 2 aromatic carbocycles. The molecule has 11 heteroatoms. The monoisotopic (exact) mass is 542 g/mol. The summed E-state index contributed by atoms with van der Waals surface area (Å²) >= 11 is 0. The number of unbranched alkanes of at least 4 members (excludes halogenated alkanes) is 9. The number of hydrogen-bond donors (Lipinski definition) is 0. The van der Waals surface area contributed by atoms with Gasteiger partial charge in [-0.3, -0.25) is 0 Å². The number of aryl methyl sites for hydroxylation is 1. The van der Waals surface area contributed by atoms with Crippen molar-refractivity contribution in [2.24, 2.45) is 0 Å². The van der Waals surface area contributed by atoms with E-state index < -0.39 is 25.1 Å². The van der Waals surface area contributed by atoms with Gasteiger partial charge in [0.05, 0.1) is 9.79 Å². The maximum atomic E-state index is 11.8. The minimum atomic E-state index is -4.69. The van der Waals surface area contributed by atoms with Gasteiger partial charge in [-0.25, -0.2) is 16.8 Å². The van der Waals surface area contributed by atoms with Crippen molar-refractivity contribution in [2.75, 3.05) is 0 Å². The van der Waals surface area contributed by atoms with E-state index in [9.17, 15) is 25.9 Å². The maximum Gasteiger partial charge on any atom is 1.00 e. The van der Waals surface area contributed by atoms with Crippen molar-refractivity contribution in [2.45, 2.75) is 87.3 Å². The Hall–Kier alpha value is 0.0600. The fourth-order valence-corrected chi connectivity index (χ4v) is 4.87. The van der Waals surface area contributed by atoms with Gasteiger partial charge >= 0.3 is 59.1 Å². The fourth-order valence-electron chi connectivity index (χ4n) is 3.65. The van der Waals surface area contributed by atoms with Gasteiger partial charge in [0, 0.05) is 0 Å². The number of benzene rings is 2. The van der Waals surface area contributed by atoms with Crippen LogP contribution in [0.3, 0.4) is 0 Å². The molecular weight excluding hydrogens is 510 g/mol. The Morgan fingerprint density at radius 3 is 1.63 bits per heavy atom. The maximum absolute atomic E-state index is 11.8. The molecule has 2 aromatic rings. The van der Waals surface area contributed by atoms with Crippen molar-refractivity contribution >= 4 is 20.2 Å². The molecule has 0 heterocycles. The SMILES string of the molecule is CCCCCCCCCCCCc1ccc(Oc2ccc(S(=O)(=O)[O-])cc2)cc1S(=O)(=O)[O-].[Na+].[Na+]. The van der Waals surface area contributed by atoms with Crippen LogP contribution in [-0.4, -0.2) is 25.9 Å². The van der Waals surface area contributed by atoms with Crippen LogP contribution in [0.1, 0.15) is 76.7 Å². The Balaban J connectivity index is 0.00000578. The second kappa shape index (κ2) is 17.5. The smallest absolute Gasteiger partial charge is 0.744 e. The quantitative estimate of drug-likeness (QED) is 0.173. The molecule has 184 valence electrons. The Morgan fingerprint density at radius 1 is 0.657 bits per heavy atom. The number of rotatable bonds is 15. The molecule has 0 atom stereocenters. The third-order valence-electron chi connectivity index (χ3n) is 5.46. The van der Waals surface area contributed by atoms with E-state index in [2.05, 4.69) is 6.92 Å². The molecule has 0 aliphatic rings. The summed E-state index contributed by atoms with van der Waals surface area (Å²) in [5, 5.41) is 0. The minimum absolute atomic E-state index is 0. The zero-order valence-corrected chi connectivity index (χ0v) is 26.6. The van der Waals surface area contributed by atoms with Crippen LogP contribution in [-0.2, 0) is 26.7 Å². The van der Waals surface area contributed by atoms with Gasteiger partial charge in [0.2, 0.25) is 0 Å². The van der Waals surface area contributed by atoms with Crippen LogP contribution in [0, 0.1) is 0 Å². The summed E-state index contributed by atoms with van der Waals surface area (Å²) in [5.74, 6) is 0.341. The van der Waals surface area contributed by atoms with E-state index in [4.69, 9.17) is 4.74 Å². The first-order chi connectivity index (χ1) is 15.6. The van der Waals surface area contributed by atoms with Gasteiger partial charge in [-0.05, 0) is 54.8 Å². The summed E-state index contributed by atoms with van der Waals surface area (Å²) < 4.78 is 73.9. The molecule has 0 saturated carbocycles. The van der Waals surface area contributed by atoms with Crippen molar-refractivity contribution in [3.05, 3.63) is 48.0 Å². The minimum Gasteiger partial charge on any atom is -0.744 e. The normalized spacial score (nSPS) is 11.4. The Kier molecular flexibility index (Phi) is 17.6. The second-order valence-electron chi connectivity index (χ2n) is 8.18. The van der Waals surface area contributed by atoms with Crippen LogP contribution in [0.4, 0.5) is 0 Å². The molecule has 35 heavy (non-hydrogen) atoms. The molecule has 0 bridgehead atoms. The first kappa shape index (κ1) is 35.1. The van der Waals surface area contributed by atoms with Gasteiger partial charge in [-0.2, -0.15) is 0 Å². The van der Waals surface area contributed by atoms with Crippen molar-refractivity contribution in [1.29, 1.82) is 0 Å². The van der Waals surface area contributed by atoms with Crippen molar-refractivity contribution in [3.63, 3.8) is 0 Å².